The Hall–Kier alpha value is -0.910. The topological polar surface area (TPSA) is 59.2 Å². The third kappa shape index (κ3) is 2.82. The van der Waals surface area contributed by atoms with Gasteiger partial charge in [-0.25, -0.2) is 4.79 Å². The molecule has 1 aromatic carbocycles. The second kappa shape index (κ2) is 6.69. The second-order valence-corrected chi connectivity index (χ2v) is 5.92. The summed E-state index contributed by atoms with van der Waals surface area (Å²) in [4.78, 5) is 26.5. The van der Waals surface area contributed by atoms with E-state index in [-0.39, 0.29) is 41.8 Å². The standard InChI is InChI=1S/C13H6Cl5NO3/c1-22-13(21)4-2-3-19-12(20)5(4)6-7(14)9(16)11(18)10(17)8(6)15/h2-3H,1H3,(H,19,20). The predicted octanol–water partition coefficient (Wildman–Crippen LogP) is 5.10. The van der Waals surface area contributed by atoms with Crippen molar-refractivity contribution in [1.82, 2.24) is 4.98 Å². The number of aromatic amines is 1. The van der Waals surface area contributed by atoms with Crippen LogP contribution in [-0.2, 0) is 4.74 Å². The molecule has 2 aromatic rings. The van der Waals surface area contributed by atoms with Gasteiger partial charge < -0.3 is 9.72 Å². The van der Waals surface area contributed by atoms with Crippen molar-refractivity contribution in [3.63, 3.8) is 0 Å². The first-order valence-electron chi connectivity index (χ1n) is 5.63. The normalized spacial score (nSPS) is 10.6. The Morgan fingerprint density at radius 3 is 1.95 bits per heavy atom. The number of hydrogen-bond acceptors (Lipinski definition) is 3. The van der Waals surface area contributed by atoms with E-state index >= 15 is 0 Å². The molecule has 0 amide bonds. The lowest BCUT2D eigenvalue weighted by Crippen LogP contribution is -2.16. The van der Waals surface area contributed by atoms with Crippen LogP contribution in [-0.4, -0.2) is 18.1 Å². The Bertz CT molecular complexity index is 802. The van der Waals surface area contributed by atoms with Gasteiger partial charge in [-0.3, -0.25) is 4.79 Å². The van der Waals surface area contributed by atoms with Crippen LogP contribution in [0.3, 0.4) is 0 Å². The molecule has 0 saturated heterocycles. The summed E-state index contributed by atoms with van der Waals surface area (Å²) < 4.78 is 4.65. The van der Waals surface area contributed by atoms with E-state index in [9.17, 15) is 9.59 Å². The molecule has 0 aliphatic carbocycles. The van der Waals surface area contributed by atoms with Crippen LogP contribution in [0.5, 0.6) is 0 Å². The summed E-state index contributed by atoms with van der Waals surface area (Å²) in [5.41, 5.74) is -0.750. The van der Waals surface area contributed by atoms with Gasteiger partial charge in [-0.1, -0.05) is 58.0 Å². The number of ether oxygens (including phenoxy) is 1. The van der Waals surface area contributed by atoms with Gasteiger partial charge in [-0.05, 0) is 6.07 Å². The van der Waals surface area contributed by atoms with Gasteiger partial charge in [0.25, 0.3) is 5.56 Å². The Labute approximate surface area is 149 Å². The molecule has 0 aliphatic rings. The quantitative estimate of drug-likeness (QED) is 0.433. The third-order valence-electron chi connectivity index (χ3n) is 2.83. The first kappa shape index (κ1) is 17.4. The molecule has 0 saturated carbocycles. The fourth-order valence-corrected chi connectivity index (χ4v) is 3.16. The van der Waals surface area contributed by atoms with Crippen molar-refractivity contribution in [3.8, 4) is 11.1 Å². The maximum atomic E-state index is 12.2. The summed E-state index contributed by atoms with van der Waals surface area (Å²) in [6, 6.07) is 1.35. The van der Waals surface area contributed by atoms with Gasteiger partial charge in [0.05, 0.1) is 43.3 Å². The van der Waals surface area contributed by atoms with Crippen molar-refractivity contribution in [2.75, 3.05) is 7.11 Å². The molecule has 0 aliphatic heterocycles. The average molecular weight is 401 g/mol. The monoisotopic (exact) mass is 399 g/mol. The molecule has 0 fully saturated rings. The van der Waals surface area contributed by atoms with Crippen LogP contribution >= 0.6 is 58.0 Å². The number of hydrogen-bond donors (Lipinski definition) is 1. The van der Waals surface area contributed by atoms with Gasteiger partial charge in [0.15, 0.2) is 0 Å². The molecule has 1 heterocycles. The summed E-state index contributed by atoms with van der Waals surface area (Å²) in [7, 11) is 1.18. The summed E-state index contributed by atoms with van der Waals surface area (Å²) in [5, 5.41) is -0.390. The van der Waals surface area contributed by atoms with Gasteiger partial charge in [0, 0.05) is 11.8 Å². The zero-order chi connectivity index (χ0) is 16.6. The number of pyridine rings is 1. The van der Waals surface area contributed by atoms with Crippen molar-refractivity contribution in [2.45, 2.75) is 0 Å². The van der Waals surface area contributed by atoms with E-state index < -0.39 is 11.5 Å². The van der Waals surface area contributed by atoms with Crippen molar-refractivity contribution < 1.29 is 9.53 Å². The zero-order valence-corrected chi connectivity index (χ0v) is 14.5. The highest BCUT2D eigenvalue weighted by molar-refractivity contribution is 6.56. The molecule has 9 heteroatoms. The van der Waals surface area contributed by atoms with E-state index in [1.54, 1.807) is 0 Å². The number of aromatic nitrogens is 1. The van der Waals surface area contributed by atoms with Crippen LogP contribution in [0.15, 0.2) is 17.1 Å². The van der Waals surface area contributed by atoms with Crippen LogP contribution in [0.2, 0.25) is 25.1 Å². The van der Waals surface area contributed by atoms with Crippen molar-refractivity contribution >= 4 is 64.0 Å². The molecule has 22 heavy (non-hydrogen) atoms. The number of esters is 1. The van der Waals surface area contributed by atoms with Gasteiger partial charge in [-0.2, -0.15) is 0 Å². The highest BCUT2D eigenvalue weighted by atomic mass is 35.5. The zero-order valence-electron chi connectivity index (χ0n) is 10.8. The van der Waals surface area contributed by atoms with Gasteiger partial charge in [0.2, 0.25) is 0 Å². The smallest absolute Gasteiger partial charge is 0.338 e. The van der Waals surface area contributed by atoms with Gasteiger partial charge >= 0.3 is 5.97 Å². The molecule has 0 unspecified atom stereocenters. The molecule has 0 radical (unpaired) electrons. The van der Waals surface area contributed by atoms with E-state index in [4.69, 9.17) is 58.0 Å². The van der Waals surface area contributed by atoms with Crippen LogP contribution in [0.25, 0.3) is 11.1 Å². The van der Waals surface area contributed by atoms with E-state index in [0.717, 1.165) is 0 Å². The first-order valence-corrected chi connectivity index (χ1v) is 7.52. The Balaban J connectivity index is 2.96. The summed E-state index contributed by atoms with van der Waals surface area (Å²) >= 11 is 30.2. The van der Waals surface area contributed by atoms with Crippen LogP contribution in [0.4, 0.5) is 0 Å². The Morgan fingerprint density at radius 2 is 1.45 bits per heavy atom. The molecule has 0 atom stereocenters. The number of rotatable bonds is 2. The van der Waals surface area contributed by atoms with E-state index in [1.165, 1.54) is 19.4 Å². The maximum Gasteiger partial charge on any atom is 0.338 e. The van der Waals surface area contributed by atoms with Crippen molar-refractivity contribution in [2.24, 2.45) is 0 Å². The molecule has 4 nitrogen and oxygen atoms in total. The number of H-pyrrole nitrogens is 1. The molecular formula is C13H6Cl5NO3. The minimum atomic E-state index is -0.740. The number of carbonyl (C=O) groups excluding carboxylic acids is 1. The van der Waals surface area contributed by atoms with Gasteiger partial charge in [0.1, 0.15) is 0 Å². The number of halogens is 5. The molecule has 1 N–H and O–H groups in total. The highest BCUT2D eigenvalue weighted by Crippen LogP contribution is 2.48. The summed E-state index contributed by atoms with van der Waals surface area (Å²) in [6.07, 6.45) is 1.29. The number of methoxy groups -OCH3 is 1. The lowest BCUT2D eigenvalue weighted by atomic mass is 10.0. The first-order chi connectivity index (χ1) is 10.3. The third-order valence-corrected chi connectivity index (χ3v) is 5.10. The lowest BCUT2D eigenvalue weighted by molar-refractivity contribution is 0.0601. The number of benzene rings is 1. The number of nitrogens with one attached hydrogen (secondary N) is 1. The molecule has 2 rings (SSSR count). The minimum Gasteiger partial charge on any atom is -0.465 e. The SMILES string of the molecule is COC(=O)c1cc[nH]c(=O)c1-c1c(Cl)c(Cl)c(Cl)c(Cl)c1Cl. The van der Waals surface area contributed by atoms with E-state index in [0.29, 0.717) is 0 Å². The largest absolute Gasteiger partial charge is 0.465 e. The van der Waals surface area contributed by atoms with Crippen molar-refractivity contribution in [1.29, 1.82) is 0 Å². The van der Waals surface area contributed by atoms with Crippen LogP contribution in [0, 0.1) is 0 Å². The van der Waals surface area contributed by atoms with Crippen molar-refractivity contribution in [3.05, 3.63) is 53.3 Å². The Kier molecular flexibility index (Phi) is 5.30. The summed E-state index contributed by atoms with van der Waals surface area (Å²) in [5.74, 6) is -0.740. The molecule has 0 spiro atoms. The highest BCUT2D eigenvalue weighted by Gasteiger charge is 2.26. The average Bonchev–Trinajstić information content (AvgIpc) is 2.51. The fourth-order valence-electron chi connectivity index (χ4n) is 1.83. The van der Waals surface area contributed by atoms with Crippen LogP contribution in [0.1, 0.15) is 10.4 Å². The maximum absolute atomic E-state index is 12.2. The molecule has 1 aromatic heterocycles. The van der Waals surface area contributed by atoms with E-state index in [1.807, 2.05) is 0 Å². The second-order valence-electron chi connectivity index (χ2n) is 4.03. The minimum absolute atomic E-state index is 0.00461. The van der Waals surface area contributed by atoms with Crippen LogP contribution < -0.4 is 5.56 Å². The predicted molar refractivity (Wildman–Crippen MR) is 88.9 cm³/mol. The number of carbonyl (C=O) groups is 1. The summed E-state index contributed by atoms with van der Waals surface area (Å²) in [6.45, 7) is 0. The lowest BCUT2D eigenvalue weighted by Gasteiger charge is -2.14. The molecule has 0 bridgehead atoms. The molecule has 116 valence electrons. The molecular weight excluding hydrogens is 395 g/mol. The Morgan fingerprint density at radius 1 is 0.955 bits per heavy atom. The fraction of sp³-hybridized carbons (Fsp3) is 0.0769. The van der Waals surface area contributed by atoms with E-state index in [2.05, 4.69) is 9.72 Å². The van der Waals surface area contributed by atoms with Gasteiger partial charge in [-0.15, -0.1) is 0 Å².